The Bertz CT molecular complexity index is 567. The predicted octanol–water partition coefficient (Wildman–Crippen LogP) is 2.83. The van der Waals surface area contributed by atoms with Gasteiger partial charge in [-0.15, -0.1) is 0 Å². The molecule has 1 amide bonds. The Kier molecular flexibility index (Phi) is 5.17. The van der Waals surface area contributed by atoms with Crippen molar-refractivity contribution in [3.63, 3.8) is 0 Å². The maximum atomic E-state index is 13.5. The molecule has 0 aliphatic heterocycles. The molecule has 1 N–H and O–H groups in total. The van der Waals surface area contributed by atoms with Gasteiger partial charge in [0.15, 0.2) is 0 Å². The highest BCUT2D eigenvalue weighted by molar-refractivity contribution is 5.80. The van der Waals surface area contributed by atoms with E-state index in [0.717, 1.165) is 0 Å². The summed E-state index contributed by atoms with van der Waals surface area (Å²) in [5, 5.41) is 2.55. The molecule has 1 atom stereocenters. The van der Waals surface area contributed by atoms with E-state index in [4.69, 9.17) is 4.74 Å². The number of nitrogens with one attached hydrogen (secondary N) is 1. The van der Waals surface area contributed by atoms with E-state index < -0.39 is 23.1 Å². The normalized spacial score (nSPS) is 14.0. The van der Waals surface area contributed by atoms with Gasteiger partial charge in [-0.1, -0.05) is 6.07 Å². The minimum Gasteiger partial charge on any atom is -0.444 e. The number of rotatable bonds is 4. The third-order valence-electron chi connectivity index (χ3n) is 3.00. The average Bonchev–Trinajstić information content (AvgIpc) is 2.35. The summed E-state index contributed by atoms with van der Waals surface area (Å²) in [5.74, 6) is -0.419. The second-order valence-electron chi connectivity index (χ2n) is 6.50. The van der Waals surface area contributed by atoms with Gasteiger partial charge in [0.2, 0.25) is 0 Å². The van der Waals surface area contributed by atoms with Crippen molar-refractivity contribution in [3.05, 3.63) is 29.6 Å². The highest BCUT2D eigenvalue weighted by Crippen LogP contribution is 2.29. The summed E-state index contributed by atoms with van der Waals surface area (Å²) in [7, 11) is 3.47. The molecular weight excluding hydrogens is 287 g/mol. The summed E-state index contributed by atoms with van der Waals surface area (Å²) in [6.07, 6.45) is -0.104. The van der Waals surface area contributed by atoms with E-state index in [1.807, 2.05) is 0 Å². The minimum atomic E-state index is -1.32. The molecule has 0 fully saturated rings. The summed E-state index contributed by atoms with van der Waals surface area (Å²) in [6, 6.07) is 4.05. The van der Waals surface area contributed by atoms with Crippen LogP contribution in [0.3, 0.4) is 0 Å². The lowest BCUT2D eigenvalue weighted by Crippen LogP contribution is -2.47. The van der Waals surface area contributed by atoms with Gasteiger partial charge in [-0.3, -0.25) is 0 Å². The Hall–Kier alpha value is -2.11. The third kappa shape index (κ3) is 4.44. The summed E-state index contributed by atoms with van der Waals surface area (Å²) in [4.78, 5) is 25.3. The molecule has 0 spiro atoms. The number of carbonyl (C=O) groups is 2. The van der Waals surface area contributed by atoms with Crippen LogP contribution in [-0.4, -0.2) is 32.1 Å². The van der Waals surface area contributed by atoms with Crippen molar-refractivity contribution in [2.24, 2.45) is 0 Å². The second-order valence-corrected chi connectivity index (χ2v) is 6.50. The summed E-state index contributed by atoms with van der Waals surface area (Å²) < 4.78 is 18.6. The number of carbonyl (C=O) groups excluding carboxylic acids is 2. The molecule has 0 aromatic heterocycles. The maximum Gasteiger partial charge on any atom is 0.408 e. The van der Waals surface area contributed by atoms with Gasteiger partial charge in [-0.05, 0) is 39.8 Å². The number of hydrogen-bond donors (Lipinski definition) is 1. The number of nitrogens with zero attached hydrogens (tertiary/aromatic N) is 1. The fourth-order valence-corrected chi connectivity index (χ4v) is 1.99. The molecule has 6 heteroatoms. The summed E-state index contributed by atoms with van der Waals surface area (Å²) >= 11 is 0. The second kappa shape index (κ2) is 6.34. The lowest BCUT2D eigenvalue weighted by atomic mass is 9.91. The summed E-state index contributed by atoms with van der Waals surface area (Å²) in [5.41, 5.74) is -1.01. The molecule has 5 nitrogen and oxygen atoms in total. The van der Waals surface area contributed by atoms with Crippen molar-refractivity contribution >= 4 is 18.1 Å². The minimum absolute atomic E-state index is 0.419. The number of alkyl carbamates (subject to hydrolysis) is 1. The monoisotopic (exact) mass is 310 g/mol. The first-order valence-electron chi connectivity index (χ1n) is 6.93. The van der Waals surface area contributed by atoms with Crippen molar-refractivity contribution in [1.29, 1.82) is 0 Å². The molecular formula is C16H23FN2O3. The molecule has 1 rings (SSSR count). The van der Waals surface area contributed by atoms with Crippen molar-refractivity contribution < 1.29 is 18.7 Å². The average molecular weight is 310 g/mol. The number of anilines is 1. The number of halogens is 1. The fourth-order valence-electron chi connectivity index (χ4n) is 1.99. The highest BCUT2D eigenvalue weighted by atomic mass is 19.1. The van der Waals surface area contributed by atoms with Gasteiger partial charge in [-0.2, -0.15) is 0 Å². The van der Waals surface area contributed by atoms with E-state index in [2.05, 4.69) is 5.32 Å². The number of ether oxygens (including phenoxy) is 1. The van der Waals surface area contributed by atoms with Crippen molar-refractivity contribution in [2.75, 3.05) is 19.0 Å². The molecule has 0 saturated heterocycles. The Balaban J connectivity index is 3.19. The topological polar surface area (TPSA) is 58.6 Å². The molecule has 22 heavy (non-hydrogen) atoms. The molecule has 1 unspecified atom stereocenters. The molecule has 0 aliphatic carbocycles. The third-order valence-corrected chi connectivity index (χ3v) is 3.00. The Morgan fingerprint density at radius 3 is 2.32 bits per heavy atom. The SMILES string of the molecule is CN(C)c1cc(F)ccc1C(C)(C=O)NC(=O)OC(C)(C)C. The van der Waals surface area contributed by atoms with Crippen molar-refractivity contribution in [2.45, 2.75) is 38.8 Å². The molecule has 1 aromatic carbocycles. The van der Waals surface area contributed by atoms with E-state index >= 15 is 0 Å². The zero-order valence-corrected chi connectivity index (χ0v) is 13.9. The summed E-state index contributed by atoms with van der Waals surface area (Å²) in [6.45, 7) is 6.74. The number of benzene rings is 1. The van der Waals surface area contributed by atoms with Crippen LogP contribution < -0.4 is 10.2 Å². The molecule has 122 valence electrons. The Morgan fingerprint density at radius 2 is 1.86 bits per heavy atom. The van der Waals surface area contributed by atoms with Crippen LogP contribution in [-0.2, 0) is 15.1 Å². The van der Waals surface area contributed by atoms with Gasteiger partial charge in [0.25, 0.3) is 0 Å². The first-order valence-corrected chi connectivity index (χ1v) is 6.93. The number of hydrogen-bond acceptors (Lipinski definition) is 4. The van der Waals surface area contributed by atoms with Gasteiger partial charge >= 0.3 is 6.09 Å². The zero-order chi connectivity index (χ0) is 17.1. The van der Waals surface area contributed by atoms with Crippen LogP contribution in [0.2, 0.25) is 0 Å². The lowest BCUT2D eigenvalue weighted by molar-refractivity contribution is -0.113. The predicted molar refractivity (Wildman–Crippen MR) is 83.5 cm³/mol. The van der Waals surface area contributed by atoms with E-state index in [1.165, 1.54) is 18.2 Å². The van der Waals surface area contributed by atoms with Gasteiger partial charge in [0.1, 0.15) is 23.2 Å². The van der Waals surface area contributed by atoms with Crippen molar-refractivity contribution in [1.82, 2.24) is 5.32 Å². The smallest absolute Gasteiger partial charge is 0.408 e. The standard InChI is InChI=1S/C16H23FN2O3/c1-15(2,3)22-14(21)18-16(4,10-20)12-8-7-11(17)9-13(12)19(5)6/h7-10H,1-6H3,(H,18,21). The van der Waals surface area contributed by atoms with Crippen LogP contribution in [0.15, 0.2) is 18.2 Å². The largest absolute Gasteiger partial charge is 0.444 e. The van der Waals surface area contributed by atoms with E-state index in [9.17, 15) is 14.0 Å². The molecule has 0 saturated carbocycles. The van der Waals surface area contributed by atoms with Crippen LogP contribution in [0.25, 0.3) is 0 Å². The number of amides is 1. The van der Waals surface area contributed by atoms with E-state index in [0.29, 0.717) is 17.5 Å². The molecule has 0 aliphatic rings. The van der Waals surface area contributed by atoms with Gasteiger partial charge in [0, 0.05) is 25.3 Å². The Labute approximate surface area is 130 Å². The van der Waals surface area contributed by atoms with Crippen LogP contribution in [0.5, 0.6) is 0 Å². The van der Waals surface area contributed by atoms with Crippen LogP contribution in [0.1, 0.15) is 33.3 Å². The Morgan fingerprint density at radius 1 is 1.27 bits per heavy atom. The van der Waals surface area contributed by atoms with E-state index in [1.54, 1.807) is 46.7 Å². The molecule has 0 radical (unpaired) electrons. The first kappa shape index (κ1) is 17.9. The van der Waals surface area contributed by atoms with Crippen LogP contribution in [0.4, 0.5) is 14.9 Å². The fraction of sp³-hybridized carbons (Fsp3) is 0.500. The molecule has 1 aromatic rings. The van der Waals surface area contributed by atoms with Gasteiger partial charge in [0.05, 0.1) is 0 Å². The van der Waals surface area contributed by atoms with Crippen LogP contribution in [0, 0.1) is 5.82 Å². The highest BCUT2D eigenvalue weighted by Gasteiger charge is 2.33. The molecule has 0 bridgehead atoms. The first-order chi connectivity index (χ1) is 9.98. The maximum absolute atomic E-state index is 13.5. The quantitative estimate of drug-likeness (QED) is 0.869. The molecule has 0 heterocycles. The van der Waals surface area contributed by atoms with Crippen LogP contribution >= 0.6 is 0 Å². The number of aldehydes is 1. The van der Waals surface area contributed by atoms with Gasteiger partial charge in [-0.25, -0.2) is 9.18 Å². The zero-order valence-electron chi connectivity index (χ0n) is 13.9. The lowest BCUT2D eigenvalue weighted by Gasteiger charge is -2.31. The van der Waals surface area contributed by atoms with Crippen molar-refractivity contribution in [3.8, 4) is 0 Å². The van der Waals surface area contributed by atoms with Gasteiger partial charge < -0.3 is 19.7 Å². The van der Waals surface area contributed by atoms with E-state index in [-0.39, 0.29) is 0 Å².